The van der Waals surface area contributed by atoms with Crippen LogP contribution in [0.25, 0.3) is 11.4 Å². The van der Waals surface area contributed by atoms with Gasteiger partial charge in [-0.05, 0) is 29.8 Å². The summed E-state index contributed by atoms with van der Waals surface area (Å²) in [5.41, 5.74) is 3.01. The number of nitro groups is 1. The highest BCUT2D eigenvalue weighted by atomic mass is 35.5. The van der Waals surface area contributed by atoms with Gasteiger partial charge in [0.25, 0.3) is 5.69 Å². The molecule has 0 N–H and O–H groups in total. The van der Waals surface area contributed by atoms with Crippen molar-refractivity contribution in [3.8, 4) is 11.4 Å². The van der Waals surface area contributed by atoms with Gasteiger partial charge in [0.15, 0.2) is 11.6 Å². The molecule has 1 aliphatic heterocycles. The van der Waals surface area contributed by atoms with E-state index < -0.39 is 0 Å². The van der Waals surface area contributed by atoms with Crippen molar-refractivity contribution in [2.45, 2.75) is 13.1 Å². The van der Waals surface area contributed by atoms with E-state index in [1.807, 2.05) is 59.3 Å². The highest BCUT2D eigenvalue weighted by Gasteiger charge is 2.21. The molecule has 8 nitrogen and oxygen atoms in total. The van der Waals surface area contributed by atoms with Crippen LogP contribution >= 0.6 is 23.2 Å². The maximum atomic E-state index is 10.9. The van der Waals surface area contributed by atoms with Gasteiger partial charge in [0, 0.05) is 59.6 Å². The average Bonchev–Trinajstić information content (AvgIpc) is 3.29. The number of halogens is 2. The summed E-state index contributed by atoms with van der Waals surface area (Å²) in [5, 5.41) is 16.9. The molecule has 1 saturated heterocycles. The molecule has 0 atom stereocenters. The second-order valence-corrected chi connectivity index (χ2v) is 9.49. The highest BCUT2D eigenvalue weighted by Crippen LogP contribution is 2.25. The molecule has 5 rings (SSSR count). The Kier molecular flexibility index (Phi) is 7.18. The van der Waals surface area contributed by atoms with Crippen molar-refractivity contribution in [2.75, 3.05) is 31.1 Å². The molecule has 0 aliphatic carbocycles. The van der Waals surface area contributed by atoms with Crippen molar-refractivity contribution in [1.82, 2.24) is 19.7 Å². The molecule has 1 aliphatic rings. The van der Waals surface area contributed by atoms with Crippen LogP contribution < -0.4 is 4.90 Å². The molecule has 0 saturated carbocycles. The van der Waals surface area contributed by atoms with E-state index in [2.05, 4.69) is 9.80 Å². The molecule has 2 heterocycles. The highest BCUT2D eigenvalue weighted by molar-refractivity contribution is 6.35. The fraction of sp³-hybridized carbons (Fsp3) is 0.231. The van der Waals surface area contributed by atoms with E-state index in [-0.39, 0.29) is 10.6 Å². The fourth-order valence-corrected chi connectivity index (χ4v) is 4.80. The molecule has 0 amide bonds. The third-order valence-electron chi connectivity index (χ3n) is 6.25. The van der Waals surface area contributed by atoms with Crippen molar-refractivity contribution >= 4 is 34.6 Å². The number of hydrogen-bond donors (Lipinski definition) is 0. The van der Waals surface area contributed by atoms with Gasteiger partial charge in [0.2, 0.25) is 0 Å². The predicted octanol–water partition coefficient (Wildman–Crippen LogP) is 5.53. The maximum Gasteiger partial charge on any atom is 0.269 e. The van der Waals surface area contributed by atoms with Crippen LogP contribution in [0.2, 0.25) is 10.0 Å². The van der Waals surface area contributed by atoms with E-state index in [9.17, 15) is 10.1 Å². The molecule has 1 fully saturated rings. The van der Waals surface area contributed by atoms with Gasteiger partial charge in [-0.2, -0.15) is 5.10 Å². The first kappa shape index (κ1) is 24.2. The molecule has 36 heavy (non-hydrogen) atoms. The number of nitro benzene ring substituents is 1. The summed E-state index contributed by atoms with van der Waals surface area (Å²) >= 11 is 12.5. The lowest BCUT2D eigenvalue weighted by molar-refractivity contribution is -0.384. The van der Waals surface area contributed by atoms with Crippen LogP contribution in [0.3, 0.4) is 0 Å². The van der Waals surface area contributed by atoms with Crippen LogP contribution in [0, 0.1) is 10.1 Å². The van der Waals surface area contributed by atoms with Gasteiger partial charge in [0.1, 0.15) is 0 Å². The number of nitrogens with zero attached hydrogens (tertiary/aromatic N) is 6. The van der Waals surface area contributed by atoms with E-state index in [4.69, 9.17) is 33.3 Å². The van der Waals surface area contributed by atoms with Gasteiger partial charge in [-0.25, -0.2) is 9.67 Å². The van der Waals surface area contributed by atoms with Gasteiger partial charge < -0.3 is 4.90 Å². The van der Waals surface area contributed by atoms with Crippen molar-refractivity contribution in [3.05, 3.63) is 104 Å². The van der Waals surface area contributed by atoms with Gasteiger partial charge in [0.05, 0.1) is 18.0 Å². The SMILES string of the molecule is O=[N+]([O-])c1ccc(N2CCN(Cc3nc(-c4ccccc4)n(Cc4ccc(Cl)cc4Cl)n3)CC2)cc1. The third kappa shape index (κ3) is 5.51. The van der Waals surface area contributed by atoms with Crippen molar-refractivity contribution < 1.29 is 4.92 Å². The third-order valence-corrected chi connectivity index (χ3v) is 6.83. The predicted molar refractivity (Wildman–Crippen MR) is 142 cm³/mol. The topological polar surface area (TPSA) is 80.3 Å². The zero-order valence-electron chi connectivity index (χ0n) is 19.4. The molecular weight excluding hydrogens is 499 g/mol. The molecule has 1 aromatic heterocycles. The number of rotatable bonds is 7. The maximum absolute atomic E-state index is 10.9. The van der Waals surface area contributed by atoms with Gasteiger partial charge in [-0.1, -0.05) is 59.6 Å². The molecule has 10 heteroatoms. The minimum atomic E-state index is -0.377. The zero-order valence-corrected chi connectivity index (χ0v) is 20.9. The fourth-order valence-electron chi connectivity index (χ4n) is 4.33. The minimum absolute atomic E-state index is 0.105. The first-order valence-electron chi connectivity index (χ1n) is 11.6. The lowest BCUT2D eigenvalue weighted by atomic mass is 10.2. The van der Waals surface area contributed by atoms with E-state index in [0.717, 1.165) is 54.6 Å². The summed E-state index contributed by atoms with van der Waals surface area (Å²) in [4.78, 5) is 20.0. The average molecular weight is 523 g/mol. The van der Waals surface area contributed by atoms with Crippen LogP contribution in [0.1, 0.15) is 11.4 Å². The second kappa shape index (κ2) is 10.7. The Balaban J connectivity index is 1.30. The Morgan fingerprint density at radius 2 is 1.61 bits per heavy atom. The summed E-state index contributed by atoms with van der Waals surface area (Å²) in [6.07, 6.45) is 0. The van der Waals surface area contributed by atoms with Crippen LogP contribution in [0.5, 0.6) is 0 Å². The minimum Gasteiger partial charge on any atom is -0.369 e. The Morgan fingerprint density at radius 1 is 0.889 bits per heavy atom. The summed E-state index contributed by atoms with van der Waals surface area (Å²) < 4.78 is 1.90. The van der Waals surface area contributed by atoms with Crippen molar-refractivity contribution in [3.63, 3.8) is 0 Å². The number of hydrogen-bond acceptors (Lipinski definition) is 6. The molecule has 0 bridgehead atoms. The number of anilines is 1. The van der Waals surface area contributed by atoms with Gasteiger partial charge in [-0.3, -0.25) is 15.0 Å². The lowest BCUT2D eigenvalue weighted by Crippen LogP contribution is -2.46. The Labute approximate surface area is 218 Å². The van der Waals surface area contributed by atoms with E-state index >= 15 is 0 Å². The first-order valence-corrected chi connectivity index (χ1v) is 12.4. The molecule has 0 spiro atoms. The van der Waals surface area contributed by atoms with Crippen LogP contribution in [-0.2, 0) is 13.1 Å². The van der Waals surface area contributed by atoms with Crippen LogP contribution in [0.15, 0.2) is 72.8 Å². The molecule has 0 unspecified atom stereocenters. The number of benzene rings is 3. The molecule has 184 valence electrons. The van der Waals surface area contributed by atoms with Crippen molar-refractivity contribution in [2.24, 2.45) is 0 Å². The summed E-state index contributed by atoms with van der Waals surface area (Å²) in [5.74, 6) is 1.55. The number of piperazine rings is 1. The van der Waals surface area contributed by atoms with Crippen molar-refractivity contribution in [1.29, 1.82) is 0 Å². The first-order chi connectivity index (χ1) is 17.5. The largest absolute Gasteiger partial charge is 0.369 e. The summed E-state index contributed by atoms with van der Waals surface area (Å²) in [7, 11) is 0. The monoisotopic (exact) mass is 522 g/mol. The quantitative estimate of drug-likeness (QED) is 0.234. The number of non-ortho nitro benzene ring substituents is 1. The smallest absolute Gasteiger partial charge is 0.269 e. The van der Waals surface area contributed by atoms with E-state index in [0.29, 0.717) is 23.1 Å². The Hall–Kier alpha value is -3.46. The molecule has 0 radical (unpaired) electrons. The molecular formula is C26H24Cl2N6O2. The van der Waals surface area contributed by atoms with Crippen LogP contribution in [0.4, 0.5) is 11.4 Å². The molecule has 4 aromatic rings. The van der Waals surface area contributed by atoms with E-state index in [1.54, 1.807) is 18.2 Å². The Bertz CT molecular complexity index is 1350. The molecule has 3 aromatic carbocycles. The number of aromatic nitrogens is 3. The Morgan fingerprint density at radius 3 is 2.28 bits per heavy atom. The van der Waals surface area contributed by atoms with Gasteiger partial charge in [-0.15, -0.1) is 0 Å². The van der Waals surface area contributed by atoms with Crippen LogP contribution in [-0.4, -0.2) is 50.8 Å². The van der Waals surface area contributed by atoms with E-state index in [1.165, 1.54) is 0 Å². The standard InChI is InChI=1S/C26H24Cl2N6O2/c27-21-7-6-20(24(28)16-21)17-33-26(19-4-2-1-3-5-19)29-25(30-33)18-31-12-14-32(15-13-31)22-8-10-23(11-9-22)34(35)36/h1-11,16H,12-15,17-18H2. The van der Waals surface area contributed by atoms with Gasteiger partial charge >= 0.3 is 0 Å². The lowest BCUT2D eigenvalue weighted by Gasteiger charge is -2.35. The normalized spacial score (nSPS) is 14.2. The zero-order chi connectivity index (χ0) is 25.1. The second-order valence-electron chi connectivity index (χ2n) is 8.65. The summed E-state index contributed by atoms with van der Waals surface area (Å²) in [6.45, 7) is 4.45. The summed E-state index contributed by atoms with van der Waals surface area (Å²) in [6, 6.07) is 22.2.